The molecule has 1 fully saturated rings. The molecule has 1 saturated heterocycles. The second kappa shape index (κ2) is 6.46. The van der Waals surface area contributed by atoms with E-state index in [1.165, 1.54) is 12.1 Å². The lowest BCUT2D eigenvalue weighted by Crippen LogP contribution is -2.37. The number of ether oxygens (including phenoxy) is 3. The monoisotopic (exact) mass is 279 g/mol. The van der Waals surface area contributed by atoms with Crippen LogP contribution in [0.2, 0.25) is 0 Å². The fourth-order valence-corrected chi connectivity index (χ4v) is 1.76. The maximum atomic E-state index is 13.4. The van der Waals surface area contributed by atoms with Crippen molar-refractivity contribution >= 4 is 5.97 Å². The number of carbonyl (C=O) groups excluding carboxylic acids is 1. The van der Waals surface area contributed by atoms with Gasteiger partial charge in [-0.3, -0.25) is 4.79 Å². The van der Waals surface area contributed by atoms with Gasteiger partial charge in [0, 0.05) is 6.07 Å². The van der Waals surface area contributed by atoms with Gasteiger partial charge < -0.3 is 14.2 Å². The van der Waals surface area contributed by atoms with Gasteiger partial charge in [-0.15, -0.1) is 0 Å². The summed E-state index contributed by atoms with van der Waals surface area (Å²) in [6.45, 7) is 2.36. The predicted octanol–water partition coefficient (Wildman–Crippen LogP) is 2.00. The summed E-state index contributed by atoms with van der Waals surface area (Å²) in [5.74, 6) is -1.73. The van der Waals surface area contributed by atoms with E-state index < -0.39 is 17.7 Å². The summed E-state index contributed by atoms with van der Waals surface area (Å²) in [6.07, 6.45) is 0.425. The minimum atomic E-state index is -0.722. The Kier molecular flexibility index (Phi) is 4.66. The van der Waals surface area contributed by atoms with E-state index in [1.54, 1.807) is 6.07 Å². The van der Waals surface area contributed by atoms with Crippen molar-refractivity contribution in [2.75, 3.05) is 13.2 Å². The van der Waals surface area contributed by atoms with Gasteiger partial charge in [-0.1, -0.05) is 6.92 Å². The van der Waals surface area contributed by atoms with Crippen LogP contribution in [0.3, 0.4) is 0 Å². The molecule has 0 atom stereocenters. The molecule has 20 heavy (non-hydrogen) atoms. The maximum absolute atomic E-state index is 13.4. The number of esters is 1. The first-order valence-electron chi connectivity index (χ1n) is 6.28. The van der Waals surface area contributed by atoms with E-state index in [0.717, 1.165) is 6.07 Å². The zero-order valence-corrected chi connectivity index (χ0v) is 11.0. The Hall–Kier alpha value is -1.97. The van der Waals surface area contributed by atoms with E-state index in [4.69, 9.17) is 19.5 Å². The molecule has 0 N–H and O–H groups in total. The Labute approximate surface area is 115 Å². The number of benzene rings is 1. The molecule has 1 aliphatic heterocycles. The van der Waals surface area contributed by atoms with Gasteiger partial charge in [0.2, 0.25) is 0 Å². The molecule has 0 spiro atoms. The third-order valence-electron chi connectivity index (χ3n) is 2.91. The van der Waals surface area contributed by atoms with Crippen LogP contribution in [-0.4, -0.2) is 25.5 Å². The molecule has 0 amide bonds. The molecule has 1 heterocycles. The normalized spacial score (nSPS) is 22.1. The van der Waals surface area contributed by atoms with Gasteiger partial charge in [-0.25, -0.2) is 4.39 Å². The quantitative estimate of drug-likeness (QED) is 0.625. The summed E-state index contributed by atoms with van der Waals surface area (Å²) in [5, 5.41) is 8.61. The highest BCUT2D eigenvalue weighted by molar-refractivity contribution is 5.75. The van der Waals surface area contributed by atoms with E-state index >= 15 is 0 Å². The van der Waals surface area contributed by atoms with Crippen LogP contribution in [0.25, 0.3) is 0 Å². The molecule has 1 aliphatic rings. The van der Waals surface area contributed by atoms with E-state index in [-0.39, 0.29) is 30.8 Å². The van der Waals surface area contributed by atoms with Crippen LogP contribution in [0.1, 0.15) is 18.9 Å². The van der Waals surface area contributed by atoms with Crippen LogP contribution in [0.15, 0.2) is 18.2 Å². The van der Waals surface area contributed by atoms with E-state index in [0.29, 0.717) is 6.42 Å². The smallest absolute Gasteiger partial charge is 0.319 e. The van der Waals surface area contributed by atoms with Gasteiger partial charge in [-0.05, 0) is 18.6 Å². The van der Waals surface area contributed by atoms with Crippen molar-refractivity contribution in [3.05, 3.63) is 29.6 Å². The summed E-state index contributed by atoms with van der Waals surface area (Å²) in [4.78, 5) is 11.9. The minimum Gasteiger partial charge on any atom is -0.426 e. The number of halogens is 1. The third kappa shape index (κ3) is 3.32. The summed E-state index contributed by atoms with van der Waals surface area (Å²) in [7, 11) is 0. The lowest BCUT2D eigenvalue weighted by atomic mass is 10.1. The molecule has 0 bridgehead atoms. The Balaban J connectivity index is 1.95. The second-order valence-electron chi connectivity index (χ2n) is 4.38. The van der Waals surface area contributed by atoms with Crippen molar-refractivity contribution in [1.82, 2.24) is 0 Å². The number of hydrogen-bond donors (Lipinski definition) is 0. The molecule has 106 valence electrons. The lowest BCUT2D eigenvalue weighted by molar-refractivity contribution is -0.206. The maximum Gasteiger partial charge on any atom is 0.319 e. The first-order chi connectivity index (χ1) is 9.63. The molecule has 0 unspecified atom stereocenters. The van der Waals surface area contributed by atoms with E-state index in [2.05, 4.69) is 0 Å². The largest absolute Gasteiger partial charge is 0.426 e. The molecule has 6 heteroatoms. The highest BCUT2D eigenvalue weighted by Gasteiger charge is 2.28. The van der Waals surface area contributed by atoms with Crippen molar-refractivity contribution in [3.63, 3.8) is 0 Å². The molecular formula is C14H14FNO4. The van der Waals surface area contributed by atoms with Crippen molar-refractivity contribution in [2.24, 2.45) is 5.92 Å². The second-order valence-corrected chi connectivity index (χ2v) is 4.38. The molecule has 0 aliphatic carbocycles. The van der Waals surface area contributed by atoms with Gasteiger partial charge in [0.1, 0.15) is 23.6 Å². The van der Waals surface area contributed by atoms with Crippen LogP contribution >= 0.6 is 0 Å². The average molecular weight is 279 g/mol. The third-order valence-corrected chi connectivity index (χ3v) is 2.91. The van der Waals surface area contributed by atoms with E-state index in [1.807, 2.05) is 6.92 Å². The topological polar surface area (TPSA) is 68.5 Å². The van der Waals surface area contributed by atoms with E-state index in [9.17, 15) is 9.18 Å². The SMILES string of the molecule is CCC1OCC(C(=O)Oc2ccc(C#N)c(F)c2)CO1. The van der Waals surface area contributed by atoms with Crippen LogP contribution in [0.5, 0.6) is 5.75 Å². The van der Waals surface area contributed by atoms with Crippen molar-refractivity contribution in [1.29, 1.82) is 5.26 Å². The Morgan fingerprint density at radius 1 is 1.50 bits per heavy atom. The van der Waals surface area contributed by atoms with Gasteiger partial charge >= 0.3 is 5.97 Å². The highest BCUT2D eigenvalue weighted by atomic mass is 19.1. The Morgan fingerprint density at radius 3 is 2.75 bits per heavy atom. The zero-order chi connectivity index (χ0) is 14.5. The fourth-order valence-electron chi connectivity index (χ4n) is 1.76. The molecule has 1 aromatic rings. The van der Waals surface area contributed by atoms with Crippen molar-refractivity contribution < 1.29 is 23.4 Å². The van der Waals surface area contributed by atoms with Gasteiger partial charge in [0.25, 0.3) is 0 Å². The van der Waals surface area contributed by atoms with Crippen LogP contribution in [0, 0.1) is 23.1 Å². The summed E-state index contributed by atoms with van der Waals surface area (Å²) < 4.78 is 29.1. The Bertz CT molecular complexity index is 532. The number of hydrogen-bond acceptors (Lipinski definition) is 5. The molecule has 0 aromatic heterocycles. The molecule has 5 nitrogen and oxygen atoms in total. The van der Waals surface area contributed by atoms with Crippen molar-refractivity contribution in [3.8, 4) is 11.8 Å². The summed E-state index contributed by atoms with van der Waals surface area (Å²) in [6, 6.07) is 5.34. The molecule has 0 radical (unpaired) electrons. The number of nitriles is 1. The van der Waals surface area contributed by atoms with Crippen LogP contribution < -0.4 is 4.74 Å². The number of carbonyl (C=O) groups is 1. The zero-order valence-electron chi connectivity index (χ0n) is 11.0. The molecular weight excluding hydrogens is 265 g/mol. The Morgan fingerprint density at radius 2 is 2.20 bits per heavy atom. The van der Waals surface area contributed by atoms with Crippen molar-refractivity contribution in [2.45, 2.75) is 19.6 Å². The van der Waals surface area contributed by atoms with Crippen LogP contribution in [0.4, 0.5) is 4.39 Å². The predicted molar refractivity (Wildman–Crippen MR) is 66.2 cm³/mol. The lowest BCUT2D eigenvalue weighted by Gasteiger charge is -2.27. The van der Waals surface area contributed by atoms with Gasteiger partial charge in [-0.2, -0.15) is 5.26 Å². The number of nitrogens with zero attached hydrogens (tertiary/aromatic N) is 1. The first kappa shape index (κ1) is 14.4. The first-order valence-corrected chi connectivity index (χ1v) is 6.28. The summed E-state index contributed by atoms with van der Waals surface area (Å²) in [5.41, 5.74) is -0.0973. The van der Waals surface area contributed by atoms with Crippen LogP contribution in [-0.2, 0) is 14.3 Å². The number of rotatable bonds is 3. The standard InChI is InChI=1S/C14H14FNO4/c1-2-13-18-7-10(8-19-13)14(17)20-11-4-3-9(6-16)12(15)5-11/h3-5,10,13H,2,7-8H2,1H3. The molecule has 2 rings (SSSR count). The fraction of sp³-hybridized carbons (Fsp3) is 0.429. The average Bonchev–Trinajstić information content (AvgIpc) is 2.47. The minimum absolute atomic E-state index is 0.0594. The summed E-state index contributed by atoms with van der Waals surface area (Å²) >= 11 is 0. The highest BCUT2D eigenvalue weighted by Crippen LogP contribution is 2.19. The molecule has 0 saturated carbocycles. The van der Waals surface area contributed by atoms with Gasteiger partial charge in [0.15, 0.2) is 6.29 Å². The van der Waals surface area contributed by atoms with Gasteiger partial charge in [0.05, 0.1) is 18.8 Å². The molecule has 1 aromatic carbocycles.